The Kier molecular flexibility index (Phi) is 6.50. The summed E-state index contributed by atoms with van der Waals surface area (Å²) in [4.78, 5) is 10.6. The van der Waals surface area contributed by atoms with Gasteiger partial charge in [0.1, 0.15) is 5.76 Å². The van der Waals surface area contributed by atoms with E-state index in [9.17, 15) is 0 Å². The molecule has 1 fully saturated rings. The Balaban J connectivity index is 1.55. The Morgan fingerprint density at radius 3 is 2.96 bits per heavy atom. The van der Waals surface area contributed by atoms with Crippen LogP contribution >= 0.6 is 11.3 Å². The quantitative estimate of drug-likeness (QED) is 0.581. The van der Waals surface area contributed by atoms with Crippen molar-refractivity contribution in [2.24, 2.45) is 4.99 Å². The summed E-state index contributed by atoms with van der Waals surface area (Å²) in [7, 11) is 0. The van der Waals surface area contributed by atoms with E-state index in [1.165, 1.54) is 30.6 Å². The van der Waals surface area contributed by atoms with Crippen LogP contribution < -0.4 is 10.6 Å². The number of aryl methyl sites for hydroxylation is 1. The minimum Gasteiger partial charge on any atom is -0.469 e. The fourth-order valence-electron chi connectivity index (χ4n) is 3.08. The molecule has 2 N–H and O–H groups in total. The van der Waals surface area contributed by atoms with Crippen molar-refractivity contribution in [2.45, 2.75) is 57.9 Å². The lowest BCUT2D eigenvalue weighted by Gasteiger charge is -2.18. The van der Waals surface area contributed by atoms with E-state index in [0.717, 1.165) is 36.2 Å². The van der Waals surface area contributed by atoms with E-state index >= 15 is 0 Å². The lowest BCUT2D eigenvalue weighted by atomic mass is 10.2. The second kappa shape index (κ2) is 9.04. The first kappa shape index (κ1) is 18.0. The van der Waals surface area contributed by atoms with Crippen LogP contribution in [0, 0.1) is 6.92 Å². The van der Waals surface area contributed by atoms with Crippen molar-refractivity contribution in [3.8, 4) is 0 Å². The second-order valence-electron chi connectivity index (χ2n) is 6.78. The first-order chi connectivity index (χ1) is 12.2. The average molecular weight is 361 g/mol. The van der Waals surface area contributed by atoms with E-state index in [1.807, 2.05) is 18.3 Å². The van der Waals surface area contributed by atoms with Gasteiger partial charge in [0.05, 0.1) is 17.8 Å². The van der Waals surface area contributed by atoms with Crippen molar-refractivity contribution in [3.05, 3.63) is 40.2 Å². The molecule has 3 rings (SSSR count). The molecule has 25 heavy (non-hydrogen) atoms. The molecular weight excluding hydrogens is 332 g/mol. The topological polar surface area (TPSA) is 62.5 Å². The second-order valence-corrected chi connectivity index (χ2v) is 8.05. The largest absolute Gasteiger partial charge is 0.469 e. The van der Waals surface area contributed by atoms with Crippen LogP contribution in [-0.4, -0.2) is 30.1 Å². The molecule has 0 saturated heterocycles. The monoisotopic (exact) mass is 360 g/mol. The summed E-state index contributed by atoms with van der Waals surface area (Å²) in [5.41, 5.74) is 0. The molecule has 1 saturated carbocycles. The van der Waals surface area contributed by atoms with Crippen molar-refractivity contribution in [2.75, 3.05) is 13.1 Å². The van der Waals surface area contributed by atoms with Gasteiger partial charge in [0.2, 0.25) is 0 Å². The van der Waals surface area contributed by atoms with Crippen molar-refractivity contribution in [1.29, 1.82) is 0 Å². The highest BCUT2D eigenvalue weighted by Gasteiger charge is 2.16. The van der Waals surface area contributed by atoms with E-state index in [4.69, 9.17) is 9.41 Å². The van der Waals surface area contributed by atoms with Gasteiger partial charge in [-0.1, -0.05) is 19.8 Å². The number of rotatable bonds is 7. The third-order valence-electron chi connectivity index (χ3n) is 4.52. The zero-order valence-corrected chi connectivity index (χ0v) is 15.9. The van der Waals surface area contributed by atoms with Gasteiger partial charge in [-0.05, 0) is 31.9 Å². The fraction of sp³-hybridized carbons (Fsp3) is 0.579. The molecule has 6 heteroatoms. The number of nitrogens with zero attached hydrogens (tertiary/aromatic N) is 2. The van der Waals surface area contributed by atoms with E-state index in [1.54, 1.807) is 17.6 Å². The molecule has 1 aliphatic rings. The Morgan fingerprint density at radius 1 is 1.44 bits per heavy atom. The van der Waals surface area contributed by atoms with Crippen LogP contribution in [0.3, 0.4) is 0 Å². The van der Waals surface area contributed by atoms with Gasteiger partial charge in [0, 0.05) is 36.0 Å². The molecule has 1 unspecified atom stereocenters. The number of aliphatic imine (C=N–C) groups is 1. The van der Waals surface area contributed by atoms with Gasteiger partial charge in [0.25, 0.3) is 0 Å². The SMILES string of the molecule is Cc1cnc(C(C)CN=C(NCCc2ccco2)NC2CCCC2)s1. The zero-order chi connectivity index (χ0) is 17.5. The van der Waals surface area contributed by atoms with Crippen LogP contribution in [0.4, 0.5) is 0 Å². The number of nitrogens with one attached hydrogen (secondary N) is 2. The van der Waals surface area contributed by atoms with Gasteiger partial charge in [-0.25, -0.2) is 4.98 Å². The molecule has 0 spiro atoms. The van der Waals surface area contributed by atoms with Crippen LogP contribution in [0.5, 0.6) is 0 Å². The lowest BCUT2D eigenvalue weighted by Crippen LogP contribution is -2.43. The Morgan fingerprint density at radius 2 is 2.28 bits per heavy atom. The number of hydrogen-bond acceptors (Lipinski definition) is 4. The van der Waals surface area contributed by atoms with Crippen LogP contribution in [0.1, 0.15) is 54.2 Å². The van der Waals surface area contributed by atoms with E-state index in [-0.39, 0.29) is 0 Å². The predicted octanol–water partition coefficient (Wildman–Crippen LogP) is 3.87. The maximum atomic E-state index is 5.40. The van der Waals surface area contributed by atoms with E-state index in [2.05, 4.69) is 29.5 Å². The first-order valence-electron chi connectivity index (χ1n) is 9.20. The van der Waals surface area contributed by atoms with E-state index < -0.39 is 0 Å². The highest BCUT2D eigenvalue weighted by molar-refractivity contribution is 7.11. The number of thiazole rings is 1. The highest BCUT2D eigenvalue weighted by atomic mass is 32.1. The van der Waals surface area contributed by atoms with Gasteiger partial charge in [-0.2, -0.15) is 0 Å². The number of hydrogen-bond donors (Lipinski definition) is 2. The van der Waals surface area contributed by atoms with Gasteiger partial charge in [-0.15, -0.1) is 11.3 Å². The summed E-state index contributed by atoms with van der Waals surface area (Å²) < 4.78 is 5.40. The highest BCUT2D eigenvalue weighted by Crippen LogP contribution is 2.21. The number of guanidine groups is 1. The smallest absolute Gasteiger partial charge is 0.191 e. The third-order valence-corrected chi connectivity index (χ3v) is 5.67. The average Bonchev–Trinajstić information content (AvgIpc) is 3.35. The van der Waals surface area contributed by atoms with Crippen molar-refractivity contribution < 1.29 is 4.42 Å². The summed E-state index contributed by atoms with van der Waals surface area (Å²) in [5.74, 6) is 2.25. The molecule has 0 radical (unpaired) electrons. The molecule has 0 aromatic carbocycles. The molecule has 2 aromatic rings. The van der Waals surface area contributed by atoms with Gasteiger partial charge in [0.15, 0.2) is 5.96 Å². The van der Waals surface area contributed by atoms with Crippen molar-refractivity contribution >= 4 is 17.3 Å². The van der Waals surface area contributed by atoms with Gasteiger partial charge < -0.3 is 15.1 Å². The van der Waals surface area contributed by atoms with Crippen LogP contribution in [0.2, 0.25) is 0 Å². The normalized spacial score (nSPS) is 17.0. The Hall–Kier alpha value is -1.82. The van der Waals surface area contributed by atoms with Crippen molar-refractivity contribution in [3.63, 3.8) is 0 Å². The maximum absolute atomic E-state index is 5.40. The summed E-state index contributed by atoms with van der Waals surface area (Å²) in [6.07, 6.45) is 9.62. The number of furan rings is 1. The van der Waals surface area contributed by atoms with E-state index in [0.29, 0.717) is 12.0 Å². The molecule has 1 aliphatic carbocycles. The third kappa shape index (κ3) is 5.59. The molecule has 0 aliphatic heterocycles. The first-order valence-corrected chi connectivity index (χ1v) is 10.0. The lowest BCUT2D eigenvalue weighted by molar-refractivity contribution is 0.505. The zero-order valence-electron chi connectivity index (χ0n) is 15.1. The van der Waals surface area contributed by atoms with Crippen LogP contribution in [0.15, 0.2) is 34.0 Å². The maximum Gasteiger partial charge on any atom is 0.191 e. The molecule has 1 atom stereocenters. The standard InChI is InChI=1S/C19H28N4OS/c1-14(18-21-13-15(2)25-18)12-22-19(23-16-6-3-4-7-16)20-10-9-17-8-5-11-24-17/h5,8,11,13-14,16H,3-4,6-7,9-10,12H2,1-2H3,(H2,20,22,23). The van der Waals surface area contributed by atoms with Crippen molar-refractivity contribution in [1.82, 2.24) is 15.6 Å². The summed E-state index contributed by atoms with van der Waals surface area (Å²) in [6, 6.07) is 4.49. The number of aromatic nitrogens is 1. The summed E-state index contributed by atoms with van der Waals surface area (Å²) in [6.45, 7) is 5.85. The molecular formula is C19H28N4OS. The minimum atomic E-state index is 0.339. The summed E-state index contributed by atoms with van der Waals surface area (Å²) >= 11 is 1.76. The Bertz CT molecular complexity index is 659. The molecule has 0 bridgehead atoms. The predicted molar refractivity (Wildman–Crippen MR) is 103 cm³/mol. The van der Waals surface area contributed by atoms with Gasteiger partial charge in [-0.3, -0.25) is 4.99 Å². The minimum absolute atomic E-state index is 0.339. The van der Waals surface area contributed by atoms with Crippen LogP contribution in [0.25, 0.3) is 0 Å². The fourth-order valence-corrected chi connectivity index (χ4v) is 3.90. The molecule has 0 amide bonds. The van der Waals surface area contributed by atoms with Gasteiger partial charge >= 0.3 is 0 Å². The molecule has 2 aromatic heterocycles. The Labute approximate surface area is 154 Å². The summed E-state index contributed by atoms with van der Waals surface area (Å²) in [5, 5.41) is 8.22. The molecule has 136 valence electrons. The molecule has 2 heterocycles. The molecule has 5 nitrogen and oxygen atoms in total. The van der Waals surface area contributed by atoms with Crippen LogP contribution in [-0.2, 0) is 6.42 Å².